The SMILES string of the molecule is CC(NC(=O)c1ccc2ncccc2c1)c1cc(=O)[nH]c(N2CCN(C)CC2)n1. The van der Waals surface area contributed by atoms with Gasteiger partial charge in [-0.15, -0.1) is 0 Å². The number of fused-ring (bicyclic) bond motifs is 1. The van der Waals surface area contributed by atoms with Gasteiger partial charge in [0.1, 0.15) is 0 Å². The lowest BCUT2D eigenvalue weighted by molar-refractivity contribution is 0.0939. The number of amides is 1. The number of aromatic nitrogens is 3. The van der Waals surface area contributed by atoms with Crippen molar-refractivity contribution in [1.29, 1.82) is 0 Å². The molecule has 3 aromatic rings. The van der Waals surface area contributed by atoms with Crippen molar-refractivity contribution in [3.05, 3.63) is 64.2 Å². The molecule has 1 aliphatic rings. The summed E-state index contributed by atoms with van der Waals surface area (Å²) in [6.07, 6.45) is 1.72. The lowest BCUT2D eigenvalue weighted by Crippen LogP contribution is -2.45. The second-order valence-electron chi connectivity index (χ2n) is 7.39. The molecule has 1 fully saturated rings. The van der Waals surface area contributed by atoms with Gasteiger partial charge in [-0.05, 0) is 38.2 Å². The van der Waals surface area contributed by atoms with Crippen LogP contribution in [0, 0.1) is 0 Å². The van der Waals surface area contributed by atoms with Gasteiger partial charge in [-0.2, -0.15) is 0 Å². The first-order valence-corrected chi connectivity index (χ1v) is 9.70. The standard InChI is InChI=1S/C21H24N6O2/c1-14(23-20(29)16-5-6-17-15(12-16)4-3-7-22-17)18-13-19(28)25-21(24-18)27-10-8-26(2)9-11-27/h3-7,12-14H,8-11H2,1-2H3,(H,23,29)(H,24,25,28). The fourth-order valence-electron chi connectivity index (χ4n) is 3.42. The van der Waals surface area contributed by atoms with E-state index in [1.54, 1.807) is 12.3 Å². The number of H-pyrrole nitrogens is 1. The summed E-state index contributed by atoms with van der Waals surface area (Å²) in [7, 11) is 2.07. The third-order valence-corrected chi connectivity index (χ3v) is 5.21. The first-order valence-electron chi connectivity index (χ1n) is 9.70. The molecule has 3 heterocycles. The lowest BCUT2D eigenvalue weighted by Gasteiger charge is -2.32. The maximum absolute atomic E-state index is 12.7. The number of nitrogens with zero attached hydrogens (tertiary/aromatic N) is 4. The maximum Gasteiger partial charge on any atom is 0.252 e. The Morgan fingerprint density at radius 3 is 2.76 bits per heavy atom. The number of hydrogen-bond donors (Lipinski definition) is 2. The molecular formula is C21H24N6O2. The number of hydrogen-bond acceptors (Lipinski definition) is 6. The molecule has 0 spiro atoms. The molecule has 8 heteroatoms. The first-order chi connectivity index (χ1) is 14.0. The van der Waals surface area contributed by atoms with Gasteiger partial charge in [0, 0.05) is 49.4 Å². The van der Waals surface area contributed by atoms with Crippen molar-refractivity contribution in [2.75, 3.05) is 38.1 Å². The van der Waals surface area contributed by atoms with Crippen molar-refractivity contribution in [2.24, 2.45) is 0 Å². The van der Waals surface area contributed by atoms with Gasteiger partial charge < -0.3 is 15.1 Å². The Hall–Kier alpha value is -3.26. The Labute approximate surface area is 168 Å². The lowest BCUT2D eigenvalue weighted by atomic mass is 10.1. The van der Waals surface area contributed by atoms with Gasteiger partial charge >= 0.3 is 0 Å². The molecule has 1 aromatic carbocycles. The minimum atomic E-state index is -0.402. The number of benzene rings is 1. The highest BCUT2D eigenvalue weighted by atomic mass is 16.1. The summed E-state index contributed by atoms with van der Waals surface area (Å²) >= 11 is 0. The van der Waals surface area contributed by atoms with E-state index in [0.29, 0.717) is 17.2 Å². The summed E-state index contributed by atoms with van der Waals surface area (Å²) in [5.74, 6) is 0.338. The highest BCUT2D eigenvalue weighted by Crippen LogP contribution is 2.16. The van der Waals surface area contributed by atoms with Crippen LogP contribution in [0.3, 0.4) is 0 Å². The third kappa shape index (κ3) is 4.27. The van der Waals surface area contributed by atoms with Crippen molar-refractivity contribution in [1.82, 2.24) is 25.2 Å². The summed E-state index contributed by atoms with van der Waals surface area (Å²) < 4.78 is 0. The van der Waals surface area contributed by atoms with Crippen LogP contribution >= 0.6 is 0 Å². The van der Waals surface area contributed by atoms with Crippen molar-refractivity contribution >= 4 is 22.8 Å². The van der Waals surface area contributed by atoms with E-state index in [9.17, 15) is 9.59 Å². The number of piperazine rings is 1. The van der Waals surface area contributed by atoms with Gasteiger partial charge in [-0.3, -0.25) is 19.6 Å². The minimum absolute atomic E-state index is 0.216. The minimum Gasteiger partial charge on any atom is -0.344 e. The van der Waals surface area contributed by atoms with Crippen LogP contribution in [0.5, 0.6) is 0 Å². The van der Waals surface area contributed by atoms with Crippen molar-refractivity contribution < 1.29 is 4.79 Å². The summed E-state index contributed by atoms with van der Waals surface area (Å²) in [5, 5.41) is 3.84. The average molecular weight is 392 g/mol. The Morgan fingerprint density at radius 1 is 1.17 bits per heavy atom. The topological polar surface area (TPSA) is 94.2 Å². The molecule has 2 N–H and O–H groups in total. The zero-order valence-corrected chi connectivity index (χ0v) is 16.6. The molecule has 1 unspecified atom stereocenters. The van der Waals surface area contributed by atoms with Crippen LogP contribution in [0.2, 0.25) is 0 Å². The predicted octanol–water partition coefficient (Wildman–Crippen LogP) is 1.56. The molecule has 2 aromatic heterocycles. The predicted molar refractivity (Wildman–Crippen MR) is 112 cm³/mol. The number of pyridine rings is 1. The second kappa shape index (κ2) is 8.00. The molecule has 1 aliphatic heterocycles. The molecule has 0 radical (unpaired) electrons. The molecule has 0 aliphatic carbocycles. The fourth-order valence-corrected chi connectivity index (χ4v) is 3.42. The summed E-state index contributed by atoms with van der Waals surface area (Å²) in [6.45, 7) is 5.26. The molecule has 1 atom stereocenters. The largest absolute Gasteiger partial charge is 0.344 e. The number of carbonyl (C=O) groups excluding carboxylic acids is 1. The Kier molecular flexibility index (Phi) is 5.26. The molecular weight excluding hydrogens is 368 g/mol. The summed E-state index contributed by atoms with van der Waals surface area (Å²) in [4.78, 5) is 40.9. The van der Waals surface area contributed by atoms with Crippen molar-refractivity contribution in [2.45, 2.75) is 13.0 Å². The molecule has 1 amide bonds. The van der Waals surface area contributed by atoms with Crippen LogP contribution in [0.15, 0.2) is 47.4 Å². The number of likely N-dealkylation sites (N-methyl/N-ethyl adjacent to an activating group) is 1. The summed E-state index contributed by atoms with van der Waals surface area (Å²) in [5.41, 5.74) is 1.70. The van der Waals surface area contributed by atoms with Crippen molar-refractivity contribution in [3.8, 4) is 0 Å². The fraction of sp³-hybridized carbons (Fsp3) is 0.333. The summed E-state index contributed by atoms with van der Waals surface area (Å²) in [6, 6.07) is 10.2. The van der Waals surface area contributed by atoms with Gasteiger partial charge in [0.2, 0.25) is 5.95 Å². The highest BCUT2D eigenvalue weighted by molar-refractivity contribution is 5.98. The van der Waals surface area contributed by atoms with Crippen LogP contribution < -0.4 is 15.8 Å². The monoisotopic (exact) mass is 392 g/mol. The number of aromatic amines is 1. The van der Waals surface area contributed by atoms with Crippen LogP contribution in [-0.4, -0.2) is 59.0 Å². The highest BCUT2D eigenvalue weighted by Gasteiger charge is 2.19. The van der Waals surface area contributed by atoms with Crippen LogP contribution in [-0.2, 0) is 0 Å². The van der Waals surface area contributed by atoms with E-state index in [-0.39, 0.29) is 11.5 Å². The number of nitrogens with one attached hydrogen (secondary N) is 2. The van der Waals surface area contributed by atoms with E-state index in [2.05, 4.69) is 37.1 Å². The quantitative estimate of drug-likeness (QED) is 0.700. The van der Waals surface area contributed by atoms with E-state index in [1.807, 2.05) is 31.2 Å². The number of anilines is 1. The van der Waals surface area contributed by atoms with Gasteiger partial charge in [0.25, 0.3) is 11.5 Å². The van der Waals surface area contributed by atoms with Crippen LogP contribution in [0.4, 0.5) is 5.95 Å². The zero-order chi connectivity index (χ0) is 20.4. The normalized spacial score (nSPS) is 16.0. The van der Waals surface area contributed by atoms with Gasteiger partial charge in [-0.1, -0.05) is 6.07 Å². The molecule has 4 rings (SSSR count). The van der Waals surface area contributed by atoms with E-state index in [0.717, 1.165) is 37.1 Å². The Morgan fingerprint density at radius 2 is 1.97 bits per heavy atom. The third-order valence-electron chi connectivity index (χ3n) is 5.21. The average Bonchev–Trinajstić information content (AvgIpc) is 2.73. The Bertz CT molecular complexity index is 1090. The van der Waals surface area contributed by atoms with Crippen LogP contribution in [0.1, 0.15) is 29.0 Å². The van der Waals surface area contributed by atoms with Gasteiger partial charge in [0.05, 0.1) is 17.3 Å². The Balaban J connectivity index is 1.52. The zero-order valence-electron chi connectivity index (χ0n) is 16.6. The maximum atomic E-state index is 12.7. The van der Waals surface area contributed by atoms with Gasteiger partial charge in [-0.25, -0.2) is 4.98 Å². The van der Waals surface area contributed by atoms with E-state index in [4.69, 9.17) is 0 Å². The molecule has 8 nitrogen and oxygen atoms in total. The van der Waals surface area contributed by atoms with Crippen LogP contribution in [0.25, 0.3) is 10.9 Å². The first kappa shape index (κ1) is 19.1. The second-order valence-corrected chi connectivity index (χ2v) is 7.39. The molecule has 150 valence electrons. The smallest absolute Gasteiger partial charge is 0.252 e. The number of carbonyl (C=O) groups is 1. The van der Waals surface area contributed by atoms with E-state index >= 15 is 0 Å². The molecule has 29 heavy (non-hydrogen) atoms. The number of rotatable bonds is 4. The molecule has 0 bridgehead atoms. The molecule has 0 saturated carbocycles. The van der Waals surface area contributed by atoms with Crippen molar-refractivity contribution in [3.63, 3.8) is 0 Å². The molecule has 1 saturated heterocycles. The van der Waals surface area contributed by atoms with E-state index in [1.165, 1.54) is 6.07 Å². The van der Waals surface area contributed by atoms with E-state index < -0.39 is 6.04 Å². The van der Waals surface area contributed by atoms with Gasteiger partial charge in [0.15, 0.2) is 0 Å².